The maximum atomic E-state index is 10.9. The Morgan fingerprint density at radius 2 is 2.20 bits per heavy atom. The Bertz CT molecular complexity index is 435. The van der Waals surface area contributed by atoms with Crippen molar-refractivity contribution in [2.75, 3.05) is 13.2 Å². The second-order valence-electron chi connectivity index (χ2n) is 5.30. The van der Waals surface area contributed by atoms with Crippen molar-refractivity contribution in [1.29, 1.82) is 0 Å². The van der Waals surface area contributed by atoms with E-state index in [-0.39, 0.29) is 5.56 Å². The highest BCUT2D eigenvalue weighted by Crippen LogP contribution is 2.20. The van der Waals surface area contributed by atoms with Gasteiger partial charge in [0.15, 0.2) is 0 Å². The Labute approximate surface area is 119 Å². The van der Waals surface area contributed by atoms with Crippen molar-refractivity contribution in [2.24, 2.45) is 0 Å². The van der Waals surface area contributed by atoms with Gasteiger partial charge in [0.2, 0.25) is 0 Å². The topological polar surface area (TPSA) is 71.7 Å². The van der Waals surface area contributed by atoms with E-state index in [0.29, 0.717) is 30.8 Å². The number of aromatic carboxylic acids is 1. The zero-order chi connectivity index (χ0) is 14.4. The molecule has 0 aromatic carbocycles. The van der Waals surface area contributed by atoms with Gasteiger partial charge in [0.25, 0.3) is 0 Å². The van der Waals surface area contributed by atoms with E-state index in [0.717, 1.165) is 6.54 Å². The van der Waals surface area contributed by atoms with Gasteiger partial charge in [-0.15, -0.1) is 0 Å². The number of rotatable bonds is 7. The summed E-state index contributed by atoms with van der Waals surface area (Å²) in [6, 6.07) is 1.58. The molecule has 1 aromatic heterocycles. The fraction of sp³-hybridized carbons (Fsp3) is 0.667. The third-order valence-electron chi connectivity index (χ3n) is 3.68. The summed E-state index contributed by atoms with van der Waals surface area (Å²) in [6.07, 6.45) is 6.68. The molecule has 2 rings (SSSR count). The summed E-state index contributed by atoms with van der Waals surface area (Å²) in [7, 11) is 0. The number of ether oxygens (including phenoxy) is 1. The van der Waals surface area contributed by atoms with E-state index in [2.05, 4.69) is 5.32 Å². The molecule has 1 aliphatic carbocycles. The maximum Gasteiger partial charge on any atom is 0.339 e. The number of hydrogen-bond donors (Lipinski definition) is 2. The van der Waals surface area contributed by atoms with Gasteiger partial charge in [0.1, 0.15) is 17.1 Å². The number of carboxylic acids is 1. The molecule has 0 aliphatic heterocycles. The number of aryl methyl sites for hydroxylation is 1. The third kappa shape index (κ3) is 4.35. The van der Waals surface area contributed by atoms with Crippen LogP contribution in [0.2, 0.25) is 0 Å². The predicted octanol–water partition coefficient (Wildman–Crippen LogP) is 2.73. The lowest BCUT2D eigenvalue weighted by Crippen LogP contribution is -2.24. The van der Waals surface area contributed by atoms with Crippen molar-refractivity contribution in [3.05, 3.63) is 23.2 Å². The molecule has 0 unspecified atom stereocenters. The van der Waals surface area contributed by atoms with Crippen LogP contribution in [0, 0.1) is 6.92 Å². The van der Waals surface area contributed by atoms with E-state index in [1.807, 2.05) is 0 Å². The molecule has 0 bridgehead atoms. The standard InChI is InChI=1S/C15H23NO4/c1-11-14(15(17)18)9-13(20-11)10-16-7-8-19-12-5-3-2-4-6-12/h9,12,16H,2-8,10H2,1H3,(H,17,18). The summed E-state index contributed by atoms with van der Waals surface area (Å²) in [5.41, 5.74) is 0.236. The predicted molar refractivity (Wildman–Crippen MR) is 74.9 cm³/mol. The van der Waals surface area contributed by atoms with Gasteiger partial charge in [0, 0.05) is 6.54 Å². The van der Waals surface area contributed by atoms with Crippen LogP contribution in [0.3, 0.4) is 0 Å². The van der Waals surface area contributed by atoms with Crippen molar-refractivity contribution < 1.29 is 19.1 Å². The van der Waals surface area contributed by atoms with Crippen molar-refractivity contribution in [3.8, 4) is 0 Å². The third-order valence-corrected chi connectivity index (χ3v) is 3.68. The van der Waals surface area contributed by atoms with Gasteiger partial charge in [-0.3, -0.25) is 0 Å². The van der Waals surface area contributed by atoms with Gasteiger partial charge >= 0.3 is 5.97 Å². The van der Waals surface area contributed by atoms with E-state index in [4.69, 9.17) is 14.3 Å². The molecule has 0 spiro atoms. The van der Waals surface area contributed by atoms with Crippen LogP contribution in [0.15, 0.2) is 10.5 Å². The molecule has 0 saturated heterocycles. The number of hydrogen-bond acceptors (Lipinski definition) is 4. The molecule has 5 heteroatoms. The monoisotopic (exact) mass is 281 g/mol. The smallest absolute Gasteiger partial charge is 0.339 e. The van der Waals surface area contributed by atoms with Gasteiger partial charge in [-0.25, -0.2) is 4.79 Å². The molecule has 0 amide bonds. The minimum atomic E-state index is -0.946. The summed E-state index contributed by atoms with van der Waals surface area (Å²) in [6.45, 7) is 3.64. The molecule has 1 saturated carbocycles. The van der Waals surface area contributed by atoms with E-state index in [1.165, 1.54) is 32.1 Å². The summed E-state index contributed by atoms with van der Waals surface area (Å²) in [4.78, 5) is 10.9. The van der Waals surface area contributed by atoms with Gasteiger partial charge in [-0.05, 0) is 25.8 Å². The van der Waals surface area contributed by atoms with E-state index < -0.39 is 5.97 Å². The molecule has 2 N–H and O–H groups in total. The largest absolute Gasteiger partial charge is 0.478 e. The maximum absolute atomic E-state index is 10.9. The molecule has 1 aromatic rings. The quantitative estimate of drug-likeness (QED) is 0.752. The molecule has 0 atom stereocenters. The number of carbonyl (C=O) groups is 1. The number of nitrogens with one attached hydrogen (secondary N) is 1. The van der Waals surface area contributed by atoms with Crippen LogP contribution in [0.5, 0.6) is 0 Å². The fourth-order valence-electron chi connectivity index (χ4n) is 2.58. The van der Waals surface area contributed by atoms with Crippen LogP contribution in [-0.4, -0.2) is 30.3 Å². The zero-order valence-corrected chi connectivity index (χ0v) is 12.0. The van der Waals surface area contributed by atoms with E-state index in [1.54, 1.807) is 13.0 Å². The summed E-state index contributed by atoms with van der Waals surface area (Å²) in [5, 5.41) is 12.1. The first-order valence-electron chi connectivity index (χ1n) is 7.31. The Hall–Kier alpha value is -1.33. The molecule has 0 radical (unpaired) electrons. The Morgan fingerprint density at radius 1 is 1.45 bits per heavy atom. The van der Waals surface area contributed by atoms with Crippen LogP contribution in [0.1, 0.15) is 54.0 Å². The van der Waals surface area contributed by atoms with Crippen LogP contribution < -0.4 is 5.32 Å². The summed E-state index contributed by atoms with van der Waals surface area (Å²) < 4.78 is 11.2. The van der Waals surface area contributed by atoms with Gasteiger partial charge in [0.05, 0.1) is 19.3 Å². The van der Waals surface area contributed by atoms with Crippen LogP contribution in [0.4, 0.5) is 0 Å². The highest BCUT2D eigenvalue weighted by atomic mass is 16.5. The second-order valence-corrected chi connectivity index (χ2v) is 5.30. The Kier molecular flexibility index (Phi) is 5.61. The normalized spacial score (nSPS) is 16.4. The molecular formula is C15H23NO4. The minimum Gasteiger partial charge on any atom is -0.478 e. The Morgan fingerprint density at radius 3 is 2.85 bits per heavy atom. The lowest BCUT2D eigenvalue weighted by Gasteiger charge is -2.21. The molecular weight excluding hydrogens is 258 g/mol. The molecule has 112 valence electrons. The van der Waals surface area contributed by atoms with Crippen molar-refractivity contribution in [2.45, 2.75) is 51.7 Å². The first kappa shape index (κ1) is 15.1. The van der Waals surface area contributed by atoms with Crippen LogP contribution in [0.25, 0.3) is 0 Å². The molecule has 1 fully saturated rings. The van der Waals surface area contributed by atoms with Crippen molar-refractivity contribution in [1.82, 2.24) is 5.32 Å². The average molecular weight is 281 g/mol. The molecule has 20 heavy (non-hydrogen) atoms. The Balaban J connectivity index is 1.63. The summed E-state index contributed by atoms with van der Waals surface area (Å²) >= 11 is 0. The number of furan rings is 1. The number of carboxylic acid groups (broad SMARTS) is 1. The van der Waals surface area contributed by atoms with E-state index in [9.17, 15) is 4.79 Å². The summed E-state index contributed by atoms with van der Waals surface area (Å²) in [5.74, 6) is 0.156. The van der Waals surface area contributed by atoms with Crippen LogP contribution >= 0.6 is 0 Å². The molecule has 1 aliphatic rings. The van der Waals surface area contributed by atoms with E-state index >= 15 is 0 Å². The van der Waals surface area contributed by atoms with Gasteiger partial charge in [-0.2, -0.15) is 0 Å². The van der Waals surface area contributed by atoms with Crippen molar-refractivity contribution >= 4 is 5.97 Å². The van der Waals surface area contributed by atoms with Gasteiger partial charge in [-0.1, -0.05) is 19.3 Å². The van der Waals surface area contributed by atoms with Gasteiger partial charge < -0.3 is 19.6 Å². The first-order chi connectivity index (χ1) is 9.66. The second kappa shape index (κ2) is 7.45. The SMILES string of the molecule is Cc1oc(CNCCOC2CCCCC2)cc1C(=O)O. The first-order valence-corrected chi connectivity index (χ1v) is 7.31. The highest BCUT2D eigenvalue weighted by Gasteiger charge is 2.14. The average Bonchev–Trinajstić information content (AvgIpc) is 2.81. The molecule has 5 nitrogen and oxygen atoms in total. The molecule has 1 heterocycles. The fourth-order valence-corrected chi connectivity index (χ4v) is 2.58. The highest BCUT2D eigenvalue weighted by molar-refractivity contribution is 5.88. The lowest BCUT2D eigenvalue weighted by molar-refractivity contribution is 0.0301. The zero-order valence-electron chi connectivity index (χ0n) is 12.0. The van der Waals surface area contributed by atoms with Crippen LogP contribution in [-0.2, 0) is 11.3 Å². The van der Waals surface area contributed by atoms with Crippen molar-refractivity contribution in [3.63, 3.8) is 0 Å². The lowest BCUT2D eigenvalue weighted by atomic mass is 9.98. The minimum absolute atomic E-state index is 0.236.